The Morgan fingerprint density at radius 3 is 2.68 bits per heavy atom. The highest BCUT2D eigenvalue weighted by molar-refractivity contribution is 6.32. The Kier molecular flexibility index (Phi) is 6.86. The molecule has 9 heteroatoms. The molecule has 8 nitrogen and oxygen atoms in total. The molecular formula is C22H27ClN4O4. The summed E-state index contributed by atoms with van der Waals surface area (Å²) in [6.45, 7) is 7.08. The van der Waals surface area contributed by atoms with Crippen molar-refractivity contribution in [3.63, 3.8) is 0 Å². The van der Waals surface area contributed by atoms with Crippen LogP contribution in [0, 0.1) is 0 Å². The maximum atomic E-state index is 12.5. The summed E-state index contributed by atoms with van der Waals surface area (Å²) in [6, 6.07) is 7.24. The molecule has 0 aliphatic carbocycles. The van der Waals surface area contributed by atoms with Crippen LogP contribution in [0.25, 0.3) is 0 Å². The number of fused-ring (bicyclic) bond motifs is 1. The fourth-order valence-corrected chi connectivity index (χ4v) is 3.93. The number of nitrogens with one attached hydrogen (secondary N) is 1. The van der Waals surface area contributed by atoms with Gasteiger partial charge in [0.25, 0.3) is 5.91 Å². The van der Waals surface area contributed by atoms with Crippen LogP contribution >= 0.6 is 11.6 Å². The Labute approximate surface area is 186 Å². The van der Waals surface area contributed by atoms with Gasteiger partial charge >= 0.3 is 0 Å². The number of hydrogen-bond donors (Lipinski definition) is 1. The van der Waals surface area contributed by atoms with Crippen LogP contribution in [0.3, 0.4) is 0 Å². The van der Waals surface area contributed by atoms with E-state index in [1.165, 1.54) is 6.26 Å². The standard InChI is InChI=1S/C22H27ClN4O4/c1-2-24-22(27-8-6-26(7-9-27)21(28)18-5-3-10-29-18)25-15-16-13-17(23)20-19(14-16)30-11-4-12-31-20/h3,5,10,13-14H,2,4,6-9,11-12,15H2,1H3,(H,24,25). The van der Waals surface area contributed by atoms with Gasteiger partial charge in [0.05, 0.1) is 31.0 Å². The Balaban J connectivity index is 1.42. The number of nitrogens with zero attached hydrogens (tertiary/aromatic N) is 3. The molecule has 1 aromatic carbocycles. The molecule has 0 saturated carbocycles. The lowest BCUT2D eigenvalue weighted by atomic mass is 10.2. The molecule has 2 aliphatic rings. The lowest BCUT2D eigenvalue weighted by Crippen LogP contribution is -2.53. The number of carbonyl (C=O) groups excluding carboxylic acids is 1. The minimum atomic E-state index is -0.0755. The van der Waals surface area contributed by atoms with E-state index in [0.717, 1.165) is 24.5 Å². The molecule has 0 atom stereocenters. The second-order valence-electron chi connectivity index (χ2n) is 7.38. The fraction of sp³-hybridized carbons (Fsp3) is 0.455. The van der Waals surface area contributed by atoms with E-state index in [2.05, 4.69) is 10.2 Å². The van der Waals surface area contributed by atoms with Crippen molar-refractivity contribution >= 4 is 23.5 Å². The molecule has 0 radical (unpaired) electrons. The number of carbonyl (C=O) groups is 1. The maximum Gasteiger partial charge on any atom is 0.289 e. The zero-order valence-electron chi connectivity index (χ0n) is 17.6. The molecule has 2 aliphatic heterocycles. The van der Waals surface area contributed by atoms with Gasteiger partial charge in [0.15, 0.2) is 23.2 Å². The van der Waals surface area contributed by atoms with Gasteiger partial charge in [0.2, 0.25) is 0 Å². The van der Waals surface area contributed by atoms with Gasteiger partial charge in [-0.1, -0.05) is 11.6 Å². The SMILES string of the molecule is CCNC(=NCc1cc(Cl)c2c(c1)OCCCO2)N1CCN(C(=O)c2ccco2)CC1. The quantitative estimate of drug-likeness (QED) is 0.574. The molecule has 1 amide bonds. The first-order valence-corrected chi connectivity index (χ1v) is 11.0. The number of ether oxygens (including phenoxy) is 2. The summed E-state index contributed by atoms with van der Waals surface area (Å²) in [5.74, 6) is 2.39. The summed E-state index contributed by atoms with van der Waals surface area (Å²) in [5.41, 5.74) is 0.955. The molecule has 1 N–H and O–H groups in total. The van der Waals surface area contributed by atoms with Crippen molar-refractivity contribution in [3.05, 3.63) is 46.9 Å². The first-order chi connectivity index (χ1) is 15.2. The minimum absolute atomic E-state index is 0.0755. The summed E-state index contributed by atoms with van der Waals surface area (Å²) in [5, 5.41) is 3.89. The summed E-state index contributed by atoms with van der Waals surface area (Å²) in [4.78, 5) is 21.3. The van der Waals surface area contributed by atoms with Crippen LogP contribution < -0.4 is 14.8 Å². The third-order valence-corrected chi connectivity index (χ3v) is 5.49. The summed E-state index contributed by atoms with van der Waals surface area (Å²) >= 11 is 6.41. The number of rotatable bonds is 4. The van der Waals surface area contributed by atoms with Crippen LogP contribution in [0.5, 0.6) is 11.5 Å². The van der Waals surface area contributed by atoms with Gasteiger partial charge in [-0.15, -0.1) is 0 Å². The Morgan fingerprint density at radius 2 is 1.94 bits per heavy atom. The lowest BCUT2D eigenvalue weighted by Gasteiger charge is -2.36. The predicted octanol–water partition coefficient (Wildman–Crippen LogP) is 3.02. The molecule has 166 valence electrons. The molecule has 31 heavy (non-hydrogen) atoms. The predicted molar refractivity (Wildman–Crippen MR) is 118 cm³/mol. The van der Waals surface area contributed by atoms with E-state index in [9.17, 15) is 4.79 Å². The molecule has 1 aromatic heterocycles. The van der Waals surface area contributed by atoms with Crippen LogP contribution in [0.2, 0.25) is 5.02 Å². The highest BCUT2D eigenvalue weighted by Gasteiger charge is 2.25. The number of benzene rings is 1. The summed E-state index contributed by atoms with van der Waals surface area (Å²) < 4.78 is 16.7. The number of halogens is 1. The average Bonchev–Trinajstić information content (AvgIpc) is 3.22. The van der Waals surface area contributed by atoms with E-state index in [1.807, 2.05) is 24.0 Å². The number of guanidine groups is 1. The first kappa shape index (κ1) is 21.4. The van der Waals surface area contributed by atoms with Gasteiger partial charge in [-0.2, -0.15) is 0 Å². The number of piperazine rings is 1. The summed E-state index contributed by atoms with van der Waals surface area (Å²) in [6.07, 6.45) is 2.35. The molecule has 1 saturated heterocycles. The Bertz CT molecular complexity index is 924. The van der Waals surface area contributed by atoms with E-state index in [0.29, 0.717) is 68.2 Å². The van der Waals surface area contributed by atoms with Crippen molar-refractivity contribution in [3.8, 4) is 11.5 Å². The van der Waals surface area contributed by atoms with E-state index in [1.54, 1.807) is 12.1 Å². The molecule has 0 spiro atoms. The minimum Gasteiger partial charge on any atom is -0.489 e. The number of aliphatic imine (C=N–C) groups is 1. The van der Waals surface area contributed by atoms with Crippen molar-refractivity contribution in [1.29, 1.82) is 0 Å². The van der Waals surface area contributed by atoms with Crippen LogP contribution in [0.4, 0.5) is 0 Å². The second kappa shape index (κ2) is 9.96. The molecule has 1 fully saturated rings. The number of hydrogen-bond acceptors (Lipinski definition) is 5. The number of furan rings is 1. The molecule has 0 bridgehead atoms. The van der Waals surface area contributed by atoms with Gasteiger partial charge in [-0.25, -0.2) is 4.99 Å². The molecule has 2 aromatic rings. The summed E-state index contributed by atoms with van der Waals surface area (Å²) in [7, 11) is 0. The average molecular weight is 447 g/mol. The smallest absolute Gasteiger partial charge is 0.289 e. The second-order valence-corrected chi connectivity index (χ2v) is 7.79. The topological polar surface area (TPSA) is 79.5 Å². The largest absolute Gasteiger partial charge is 0.489 e. The van der Waals surface area contributed by atoms with Gasteiger partial charge in [0, 0.05) is 39.1 Å². The van der Waals surface area contributed by atoms with Crippen LogP contribution in [0.1, 0.15) is 29.5 Å². The van der Waals surface area contributed by atoms with Crippen molar-refractivity contribution in [2.24, 2.45) is 4.99 Å². The van der Waals surface area contributed by atoms with Gasteiger partial charge in [-0.05, 0) is 36.8 Å². The van der Waals surface area contributed by atoms with E-state index in [-0.39, 0.29) is 5.91 Å². The first-order valence-electron chi connectivity index (χ1n) is 10.6. The zero-order chi connectivity index (χ0) is 21.6. The Morgan fingerprint density at radius 1 is 1.16 bits per heavy atom. The number of amides is 1. The van der Waals surface area contributed by atoms with Crippen LogP contribution in [-0.4, -0.2) is 67.6 Å². The van der Waals surface area contributed by atoms with Crippen molar-refractivity contribution in [1.82, 2.24) is 15.1 Å². The van der Waals surface area contributed by atoms with Crippen molar-refractivity contribution in [2.45, 2.75) is 19.9 Å². The van der Waals surface area contributed by atoms with E-state index < -0.39 is 0 Å². The Hall–Kier alpha value is -2.87. The van der Waals surface area contributed by atoms with Gasteiger partial charge < -0.3 is 29.0 Å². The molecule has 3 heterocycles. The van der Waals surface area contributed by atoms with Crippen LogP contribution in [0.15, 0.2) is 39.9 Å². The fourth-order valence-electron chi connectivity index (χ4n) is 3.64. The normalized spacial score (nSPS) is 16.8. The van der Waals surface area contributed by atoms with E-state index >= 15 is 0 Å². The monoisotopic (exact) mass is 446 g/mol. The van der Waals surface area contributed by atoms with Crippen LogP contribution in [-0.2, 0) is 6.54 Å². The maximum absolute atomic E-state index is 12.5. The molecular weight excluding hydrogens is 420 g/mol. The van der Waals surface area contributed by atoms with Gasteiger partial charge in [0.1, 0.15) is 0 Å². The van der Waals surface area contributed by atoms with Crippen molar-refractivity contribution in [2.75, 3.05) is 45.9 Å². The third-order valence-electron chi connectivity index (χ3n) is 5.21. The third kappa shape index (κ3) is 5.07. The van der Waals surface area contributed by atoms with E-state index in [4.69, 9.17) is 30.5 Å². The zero-order valence-corrected chi connectivity index (χ0v) is 18.4. The molecule has 4 rings (SSSR count). The van der Waals surface area contributed by atoms with Crippen molar-refractivity contribution < 1.29 is 18.7 Å². The highest BCUT2D eigenvalue weighted by atomic mass is 35.5. The highest BCUT2D eigenvalue weighted by Crippen LogP contribution is 2.38. The van der Waals surface area contributed by atoms with Gasteiger partial charge in [-0.3, -0.25) is 4.79 Å². The molecule has 0 unspecified atom stereocenters. The lowest BCUT2D eigenvalue weighted by molar-refractivity contribution is 0.0657.